The van der Waals surface area contributed by atoms with E-state index in [1.165, 1.54) is 13.1 Å². The molecule has 1 heterocycles. The Kier molecular flexibility index (Phi) is 6.15. The van der Waals surface area contributed by atoms with Crippen molar-refractivity contribution < 1.29 is 31.2 Å². The summed E-state index contributed by atoms with van der Waals surface area (Å²) >= 11 is 0. The zero-order chi connectivity index (χ0) is 11.9. The van der Waals surface area contributed by atoms with Crippen molar-refractivity contribution in [3.8, 4) is 0 Å². The highest BCUT2D eigenvalue weighted by Crippen LogP contribution is 2.19. The van der Waals surface area contributed by atoms with Crippen LogP contribution in [-0.4, -0.2) is 52.0 Å². The minimum Gasteiger partial charge on any atom is -0.418 e. The van der Waals surface area contributed by atoms with Crippen LogP contribution in [0.15, 0.2) is 0 Å². The monoisotopic (exact) mass is 233 g/mol. The summed E-state index contributed by atoms with van der Waals surface area (Å²) in [7, 11) is -4.26. The molecule has 0 atom stereocenters. The summed E-state index contributed by atoms with van der Waals surface area (Å²) in [5.41, 5.74) is 0. The van der Waals surface area contributed by atoms with E-state index < -0.39 is 7.25 Å². The van der Waals surface area contributed by atoms with Crippen molar-refractivity contribution in [3.63, 3.8) is 0 Å². The minimum atomic E-state index is -6.00. The Morgan fingerprint density at radius 1 is 1.13 bits per heavy atom. The van der Waals surface area contributed by atoms with Gasteiger partial charge < -0.3 is 26.7 Å². The Morgan fingerprint density at radius 3 is 1.87 bits per heavy atom. The first kappa shape index (κ1) is 14.7. The molecule has 0 amide bonds. The molecule has 1 fully saturated rings. The van der Waals surface area contributed by atoms with Gasteiger partial charge in [-0.2, -0.15) is 0 Å². The van der Waals surface area contributed by atoms with Crippen molar-refractivity contribution in [1.29, 1.82) is 0 Å². The van der Waals surface area contributed by atoms with Crippen LogP contribution < -0.4 is 0 Å². The topological polar surface area (TPSA) is 18.5 Å². The number of hydrogen-bond donors (Lipinski definition) is 0. The minimum absolute atomic E-state index is 0.806. The predicted molar refractivity (Wildman–Crippen MR) is 48.5 cm³/mol. The first-order chi connectivity index (χ1) is 6.83. The van der Waals surface area contributed by atoms with E-state index in [9.17, 15) is 17.3 Å². The van der Waals surface area contributed by atoms with Gasteiger partial charge in [-0.05, 0) is 6.92 Å². The van der Waals surface area contributed by atoms with Crippen LogP contribution >= 0.6 is 0 Å². The van der Waals surface area contributed by atoms with Crippen molar-refractivity contribution in [1.82, 2.24) is 0 Å². The molecule has 8 heteroatoms. The molecule has 15 heavy (non-hydrogen) atoms. The number of nitrogens with zero attached hydrogens (tertiary/aromatic N) is 1. The normalized spacial score (nSPS) is 18.0. The van der Waals surface area contributed by atoms with Gasteiger partial charge in [0.2, 0.25) is 0 Å². The largest absolute Gasteiger partial charge is 0.673 e. The zero-order valence-electron chi connectivity index (χ0n) is 8.89. The van der Waals surface area contributed by atoms with Crippen LogP contribution in [0.3, 0.4) is 0 Å². The number of hydrogen-bond acceptors (Lipinski definition) is 2. The van der Waals surface area contributed by atoms with Crippen LogP contribution in [0.5, 0.6) is 0 Å². The second-order valence-electron chi connectivity index (χ2n) is 3.32. The molecule has 0 aromatic rings. The lowest BCUT2D eigenvalue weighted by molar-refractivity contribution is -0.843. The Bertz CT molecular complexity index is 169. The van der Waals surface area contributed by atoms with Gasteiger partial charge in [-0.15, -0.1) is 0 Å². The number of rotatable bonds is 5. The molecule has 0 aliphatic carbocycles. The standard InChI is InChI=1S/C7H16NO2.BF4/c1-3-10-7-8(4-5-8)6-9-2;2-1(3,4)5/h3-7H2,1-2H3;/q+1;-1. The average Bonchev–Trinajstić information content (AvgIpc) is 2.80. The smallest absolute Gasteiger partial charge is 0.418 e. The second-order valence-corrected chi connectivity index (χ2v) is 3.32. The molecule has 1 aliphatic heterocycles. The van der Waals surface area contributed by atoms with E-state index in [1.807, 2.05) is 6.92 Å². The quantitative estimate of drug-likeness (QED) is 0.311. The summed E-state index contributed by atoms with van der Waals surface area (Å²) in [4.78, 5) is 0. The Labute approximate surface area is 86.6 Å². The maximum atomic E-state index is 9.75. The third-order valence-electron chi connectivity index (χ3n) is 1.83. The third kappa shape index (κ3) is 9.96. The fourth-order valence-electron chi connectivity index (χ4n) is 0.996. The van der Waals surface area contributed by atoms with Crippen molar-refractivity contribution in [2.75, 3.05) is 40.3 Å². The van der Waals surface area contributed by atoms with Crippen LogP contribution in [0.1, 0.15) is 6.92 Å². The second kappa shape index (κ2) is 6.29. The Morgan fingerprint density at radius 2 is 1.60 bits per heavy atom. The average molecular weight is 233 g/mol. The molecule has 0 spiro atoms. The van der Waals surface area contributed by atoms with Crippen molar-refractivity contribution >= 4 is 7.25 Å². The highest BCUT2D eigenvalue weighted by molar-refractivity contribution is 6.50. The SMILES string of the molecule is CCOC[N+]1(COC)CC1.F[B-](F)(F)F. The summed E-state index contributed by atoms with van der Waals surface area (Å²) in [6.45, 7) is 6.89. The summed E-state index contributed by atoms with van der Waals surface area (Å²) in [5.74, 6) is 0. The highest BCUT2D eigenvalue weighted by Gasteiger charge is 2.42. The van der Waals surface area contributed by atoms with Crippen LogP contribution in [0.4, 0.5) is 17.3 Å². The number of ether oxygens (including phenoxy) is 2. The number of methoxy groups -OCH3 is 1. The van der Waals surface area contributed by atoms with Gasteiger partial charge in [0.15, 0.2) is 13.5 Å². The predicted octanol–water partition coefficient (Wildman–Crippen LogP) is 1.71. The Hall–Kier alpha value is -0.335. The number of quaternary nitrogens is 1. The van der Waals surface area contributed by atoms with Gasteiger partial charge in [-0.1, -0.05) is 0 Å². The molecule has 1 aliphatic rings. The van der Waals surface area contributed by atoms with E-state index in [0.717, 1.165) is 24.6 Å². The number of halogens is 4. The highest BCUT2D eigenvalue weighted by atomic mass is 19.5. The van der Waals surface area contributed by atoms with E-state index >= 15 is 0 Å². The summed E-state index contributed by atoms with van der Waals surface area (Å²) in [6.07, 6.45) is 0. The first-order valence-corrected chi connectivity index (χ1v) is 4.62. The van der Waals surface area contributed by atoms with Crippen LogP contribution in [0.2, 0.25) is 0 Å². The van der Waals surface area contributed by atoms with Gasteiger partial charge >= 0.3 is 7.25 Å². The van der Waals surface area contributed by atoms with Crippen molar-refractivity contribution in [2.24, 2.45) is 0 Å². The molecule has 0 aromatic carbocycles. The van der Waals surface area contributed by atoms with E-state index in [-0.39, 0.29) is 0 Å². The maximum Gasteiger partial charge on any atom is 0.673 e. The molecule has 1 saturated heterocycles. The molecule has 0 saturated carbocycles. The fourth-order valence-corrected chi connectivity index (χ4v) is 0.996. The fraction of sp³-hybridized carbons (Fsp3) is 1.00. The lowest BCUT2D eigenvalue weighted by Gasteiger charge is -2.15. The molecule has 92 valence electrons. The molecule has 0 N–H and O–H groups in total. The lowest BCUT2D eigenvalue weighted by atomic mass is 10.3. The first-order valence-electron chi connectivity index (χ1n) is 4.62. The molecule has 0 unspecified atom stereocenters. The molecular formula is C7H16BF4NO2. The van der Waals surface area contributed by atoms with Gasteiger partial charge in [0, 0.05) is 13.7 Å². The van der Waals surface area contributed by atoms with Crippen LogP contribution in [-0.2, 0) is 9.47 Å². The van der Waals surface area contributed by atoms with Crippen LogP contribution in [0.25, 0.3) is 0 Å². The van der Waals surface area contributed by atoms with Gasteiger partial charge in [-0.3, -0.25) is 4.48 Å². The Balaban J connectivity index is 0.000000336. The molecule has 0 bridgehead atoms. The van der Waals surface area contributed by atoms with E-state index in [4.69, 9.17) is 9.47 Å². The van der Waals surface area contributed by atoms with Gasteiger partial charge in [0.05, 0.1) is 0 Å². The summed E-state index contributed by atoms with van der Waals surface area (Å²) in [6, 6.07) is 0. The van der Waals surface area contributed by atoms with Gasteiger partial charge in [0.25, 0.3) is 0 Å². The summed E-state index contributed by atoms with van der Waals surface area (Å²) < 4.78 is 50.4. The molecule has 3 nitrogen and oxygen atoms in total. The van der Waals surface area contributed by atoms with Gasteiger partial charge in [0.1, 0.15) is 13.1 Å². The molecular weight excluding hydrogens is 217 g/mol. The van der Waals surface area contributed by atoms with E-state index in [0.29, 0.717) is 0 Å². The van der Waals surface area contributed by atoms with E-state index in [2.05, 4.69) is 0 Å². The zero-order valence-corrected chi connectivity index (χ0v) is 8.89. The lowest BCUT2D eigenvalue weighted by Crippen LogP contribution is -2.30. The molecule has 0 radical (unpaired) electrons. The molecule has 1 rings (SSSR count). The summed E-state index contributed by atoms with van der Waals surface area (Å²) in [5, 5.41) is 0. The van der Waals surface area contributed by atoms with Crippen molar-refractivity contribution in [2.45, 2.75) is 6.92 Å². The van der Waals surface area contributed by atoms with Crippen molar-refractivity contribution in [3.05, 3.63) is 0 Å². The third-order valence-corrected chi connectivity index (χ3v) is 1.83. The van der Waals surface area contributed by atoms with E-state index in [1.54, 1.807) is 7.11 Å². The molecule has 0 aromatic heterocycles. The van der Waals surface area contributed by atoms with Gasteiger partial charge in [-0.25, -0.2) is 0 Å². The maximum absolute atomic E-state index is 9.75. The van der Waals surface area contributed by atoms with Crippen LogP contribution in [0, 0.1) is 0 Å².